The predicted octanol–water partition coefficient (Wildman–Crippen LogP) is 4.66. The molecule has 0 aliphatic heterocycles. The number of nitrogens with two attached hydrogens (primary N) is 1. The van der Waals surface area contributed by atoms with Crippen LogP contribution in [0.2, 0.25) is 0 Å². The average Bonchev–Trinajstić information content (AvgIpc) is 2.36. The molecule has 0 atom stereocenters. The summed E-state index contributed by atoms with van der Waals surface area (Å²) >= 11 is 0. The summed E-state index contributed by atoms with van der Waals surface area (Å²) in [6.45, 7) is 2.25. The van der Waals surface area contributed by atoms with E-state index in [0.29, 0.717) is 5.75 Å². The summed E-state index contributed by atoms with van der Waals surface area (Å²) in [6, 6.07) is 5.22. The number of hydrogen-bond donors (Lipinski definition) is 2. The smallest absolute Gasteiger partial charge is 0.116 e. The van der Waals surface area contributed by atoms with E-state index in [1.54, 1.807) is 18.2 Å². The maximum Gasteiger partial charge on any atom is 0.116 e. The topological polar surface area (TPSA) is 46.2 Å². The Morgan fingerprint density at radius 2 is 1.56 bits per heavy atom. The summed E-state index contributed by atoms with van der Waals surface area (Å²) in [4.78, 5) is 0. The molecule has 1 aromatic carbocycles. The molecule has 2 heteroatoms. The first-order valence-electron chi connectivity index (χ1n) is 7.31. The van der Waals surface area contributed by atoms with Crippen LogP contribution in [0, 0.1) is 0 Å². The Kier molecular flexibility index (Phi) is 7.31. The van der Waals surface area contributed by atoms with Gasteiger partial charge in [-0.3, -0.25) is 0 Å². The van der Waals surface area contributed by atoms with Gasteiger partial charge in [0.15, 0.2) is 0 Å². The largest absolute Gasteiger partial charge is 0.508 e. The minimum Gasteiger partial charge on any atom is -0.508 e. The average molecular weight is 249 g/mol. The number of benzene rings is 1. The van der Waals surface area contributed by atoms with Crippen molar-refractivity contribution in [1.82, 2.24) is 0 Å². The van der Waals surface area contributed by atoms with Crippen LogP contribution in [0.1, 0.15) is 63.9 Å². The number of phenolic OH excluding ortho intramolecular Hbond substituents is 1. The molecule has 0 aromatic heterocycles. The lowest BCUT2D eigenvalue weighted by Crippen LogP contribution is -1.94. The number of hydrogen-bond acceptors (Lipinski definition) is 2. The highest BCUT2D eigenvalue weighted by Crippen LogP contribution is 2.21. The van der Waals surface area contributed by atoms with Crippen LogP contribution in [0.15, 0.2) is 18.2 Å². The van der Waals surface area contributed by atoms with Crippen LogP contribution in [-0.4, -0.2) is 5.11 Å². The van der Waals surface area contributed by atoms with E-state index in [9.17, 15) is 5.11 Å². The van der Waals surface area contributed by atoms with E-state index in [2.05, 4.69) is 6.92 Å². The number of unbranched alkanes of at least 4 members (excludes halogenated alkanes) is 7. The second-order valence-corrected chi connectivity index (χ2v) is 5.11. The predicted molar refractivity (Wildman–Crippen MR) is 78.8 cm³/mol. The zero-order valence-electron chi connectivity index (χ0n) is 11.6. The Balaban J connectivity index is 2.09. The van der Waals surface area contributed by atoms with Crippen LogP contribution in [0.25, 0.3) is 0 Å². The molecule has 2 nitrogen and oxygen atoms in total. The number of nitrogen functional groups attached to an aromatic ring is 1. The van der Waals surface area contributed by atoms with Crippen molar-refractivity contribution in [3.63, 3.8) is 0 Å². The highest BCUT2D eigenvalue weighted by atomic mass is 16.3. The standard InChI is InChI=1S/C16H27NO/c1-2-3-4-5-6-7-8-9-10-14-13-15(18)11-12-16(14)17/h11-13,18H,2-10,17H2,1H3. The molecular weight excluding hydrogens is 222 g/mol. The molecule has 0 amide bonds. The maximum atomic E-state index is 9.41. The first-order valence-corrected chi connectivity index (χ1v) is 7.31. The third kappa shape index (κ3) is 5.95. The normalized spacial score (nSPS) is 10.7. The molecular formula is C16H27NO. The fourth-order valence-electron chi connectivity index (χ4n) is 2.26. The molecule has 0 aliphatic rings. The number of aromatic hydroxyl groups is 1. The zero-order valence-corrected chi connectivity index (χ0v) is 11.6. The molecule has 3 N–H and O–H groups in total. The fourth-order valence-corrected chi connectivity index (χ4v) is 2.26. The van der Waals surface area contributed by atoms with Crippen molar-refractivity contribution in [3.8, 4) is 5.75 Å². The molecule has 0 heterocycles. The minimum absolute atomic E-state index is 0.318. The molecule has 0 unspecified atom stereocenters. The first-order chi connectivity index (χ1) is 8.74. The molecule has 0 fully saturated rings. The second kappa shape index (κ2) is 8.84. The van der Waals surface area contributed by atoms with Crippen molar-refractivity contribution >= 4 is 5.69 Å². The Morgan fingerprint density at radius 3 is 2.22 bits per heavy atom. The van der Waals surface area contributed by atoms with Gasteiger partial charge in [-0.25, -0.2) is 0 Å². The van der Waals surface area contributed by atoms with Crippen LogP contribution in [0.5, 0.6) is 5.75 Å². The molecule has 1 aromatic rings. The van der Waals surface area contributed by atoms with Crippen molar-refractivity contribution in [2.24, 2.45) is 0 Å². The molecule has 0 radical (unpaired) electrons. The van der Waals surface area contributed by atoms with Gasteiger partial charge < -0.3 is 10.8 Å². The minimum atomic E-state index is 0.318. The van der Waals surface area contributed by atoms with Gasteiger partial charge in [0.05, 0.1) is 0 Å². The van der Waals surface area contributed by atoms with Crippen molar-refractivity contribution < 1.29 is 5.11 Å². The number of rotatable bonds is 9. The maximum absolute atomic E-state index is 9.41. The van der Waals surface area contributed by atoms with E-state index < -0.39 is 0 Å². The van der Waals surface area contributed by atoms with Crippen molar-refractivity contribution in [3.05, 3.63) is 23.8 Å². The van der Waals surface area contributed by atoms with Crippen molar-refractivity contribution in [2.75, 3.05) is 5.73 Å². The van der Waals surface area contributed by atoms with Crippen LogP contribution < -0.4 is 5.73 Å². The van der Waals surface area contributed by atoms with Crippen LogP contribution in [-0.2, 0) is 6.42 Å². The van der Waals surface area contributed by atoms with Crippen LogP contribution >= 0.6 is 0 Å². The van der Waals surface area contributed by atoms with Crippen molar-refractivity contribution in [1.29, 1.82) is 0 Å². The molecule has 102 valence electrons. The van der Waals surface area contributed by atoms with E-state index >= 15 is 0 Å². The van der Waals surface area contributed by atoms with Gasteiger partial charge in [-0.2, -0.15) is 0 Å². The van der Waals surface area contributed by atoms with Gasteiger partial charge >= 0.3 is 0 Å². The van der Waals surface area contributed by atoms with Gasteiger partial charge in [-0.15, -0.1) is 0 Å². The Morgan fingerprint density at radius 1 is 0.944 bits per heavy atom. The van der Waals surface area contributed by atoms with E-state index in [1.165, 1.54) is 51.4 Å². The fraction of sp³-hybridized carbons (Fsp3) is 0.625. The highest BCUT2D eigenvalue weighted by Gasteiger charge is 2.00. The van der Waals surface area contributed by atoms with Gasteiger partial charge in [0, 0.05) is 5.69 Å². The highest BCUT2D eigenvalue weighted by molar-refractivity contribution is 5.50. The van der Waals surface area contributed by atoms with E-state index in [-0.39, 0.29) is 0 Å². The first kappa shape index (κ1) is 14.9. The Labute approximate surface area is 111 Å². The summed E-state index contributed by atoms with van der Waals surface area (Å²) in [5.41, 5.74) is 7.76. The number of anilines is 1. The summed E-state index contributed by atoms with van der Waals surface area (Å²) in [5, 5.41) is 9.41. The molecule has 0 saturated heterocycles. The summed E-state index contributed by atoms with van der Waals surface area (Å²) < 4.78 is 0. The van der Waals surface area contributed by atoms with Gasteiger partial charge in [0.25, 0.3) is 0 Å². The summed E-state index contributed by atoms with van der Waals surface area (Å²) in [7, 11) is 0. The van der Waals surface area contributed by atoms with Crippen LogP contribution in [0.3, 0.4) is 0 Å². The molecule has 18 heavy (non-hydrogen) atoms. The molecule has 1 rings (SSSR count). The van der Waals surface area contributed by atoms with Gasteiger partial charge in [0.1, 0.15) is 5.75 Å². The lowest BCUT2D eigenvalue weighted by molar-refractivity contribution is 0.474. The third-order valence-electron chi connectivity index (χ3n) is 3.43. The lowest BCUT2D eigenvalue weighted by Gasteiger charge is -2.06. The third-order valence-corrected chi connectivity index (χ3v) is 3.43. The summed E-state index contributed by atoms with van der Waals surface area (Å²) in [5.74, 6) is 0.318. The SMILES string of the molecule is CCCCCCCCCCc1cc(O)ccc1N. The van der Waals surface area contributed by atoms with Gasteiger partial charge in [-0.05, 0) is 36.6 Å². The lowest BCUT2D eigenvalue weighted by atomic mass is 10.0. The van der Waals surface area contributed by atoms with Crippen molar-refractivity contribution in [2.45, 2.75) is 64.7 Å². The second-order valence-electron chi connectivity index (χ2n) is 5.11. The number of aryl methyl sites for hydroxylation is 1. The van der Waals surface area contributed by atoms with E-state index in [0.717, 1.165) is 17.7 Å². The Hall–Kier alpha value is -1.18. The zero-order chi connectivity index (χ0) is 13.2. The quantitative estimate of drug-likeness (QED) is 0.380. The monoisotopic (exact) mass is 249 g/mol. The van der Waals surface area contributed by atoms with Gasteiger partial charge in [0.2, 0.25) is 0 Å². The molecule has 0 spiro atoms. The van der Waals surface area contributed by atoms with Gasteiger partial charge in [-0.1, -0.05) is 51.9 Å². The van der Waals surface area contributed by atoms with Crippen LogP contribution in [0.4, 0.5) is 5.69 Å². The Bertz CT molecular complexity index is 336. The molecule has 0 saturated carbocycles. The van der Waals surface area contributed by atoms with E-state index in [4.69, 9.17) is 5.73 Å². The number of phenols is 1. The summed E-state index contributed by atoms with van der Waals surface area (Å²) in [6.07, 6.45) is 11.5. The van der Waals surface area contributed by atoms with E-state index in [1.807, 2.05) is 0 Å². The molecule has 0 bridgehead atoms. The molecule has 0 aliphatic carbocycles.